The van der Waals surface area contributed by atoms with Gasteiger partial charge in [-0.25, -0.2) is 13.7 Å². The molecule has 0 amide bonds. The SMILES string of the molecule is C=C(/N=C1\CC=C(C)CCN1C1CCCC1)NC1CCN(SC)CC1F. The zero-order valence-electron chi connectivity index (χ0n) is 16.2. The van der Waals surface area contributed by atoms with Crippen LogP contribution in [0.15, 0.2) is 29.0 Å². The standard InChI is InChI=1S/C20H33FN4S/c1-15-8-9-20(25(13-10-15)17-6-4-5-7-17)23-16(2)22-19-11-12-24(26-3)14-18(19)21/h8,17-19,22H,2,4-7,9-14H2,1,3H3/b23-20+. The van der Waals surface area contributed by atoms with Crippen LogP contribution in [0.1, 0.15) is 51.9 Å². The van der Waals surface area contributed by atoms with E-state index in [9.17, 15) is 4.39 Å². The van der Waals surface area contributed by atoms with Gasteiger partial charge in [-0.05, 0) is 38.9 Å². The minimum Gasteiger partial charge on any atom is -0.365 e. The summed E-state index contributed by atoms with van der Waals surface area (Å²) in [5.41, 5.74) is 1.44. The second kappa shape index (κ2) is 9.27. The normalized spacial score (nSPS) is 30.3. The van der Waals surface area contributed by atoms with Gasteiger partial charge in [-0.3, -0.25) is 0 Å². The van der Waals surface area contributed by atoms with Crippen LogP contribution in [0.5, 0.6) is 0 Å². The summed E-state index contributed by atoms with van der Waals surface area (Å²) in [5.74, 6) is 1.71. The summed E-state index contributed by atoms with van der Waals surface area (Å²) in [7, 11) is 0. The summed E-state index contributed by atoms with van der Waals surface area (Å²) in [5, 5.41) is 3.26. The molecule has 2 aliphatic heterocycles. The first-order valence-corrected chi connectivity index (χ1v) is 11.1. The Balaban J connectivity index is 1.65. The highest BCUT2D eigenvalue weighted by molar-refractivity contribution is 7.96. The third kappa shape index (κ3) is 5.03. The van der Waals surface area contributed by atoms with E-state index in [0.29, 0.717) is 18.4 Å². The minimum atomic E-state index is -0.879. The van der Waals surface area contributed by atoms with Crippen molar-refractivity contribution in [2.24, 2.45) is 4.99 Å². The van der Waals surface area contributed by atoms with Crippen molar-refractivity contribution in [2.75, 3.05) is 25.9 Å². The van der Waals surface area contributed by atoms with Crippen molar-refractivity contribution in [3.05, 3.63) is 24.0 Å². The Morgan fingerprint density at radius 3 is 2.77 bits per heavy atom. The van der Waals surface area contributed by atoms with Gasteiger partial charge in [0.15, 0.2) is 0 Å². The van der Waals surface area contributed by atoms with E-state index in [4.69, 9.17) is 4.99 Å². The van der Waals surface area contributed by atoms with E-state index in [1.807, 2.05) is 6.26 Å². The first-order chi connectivity index (χ1) is 12.6. The molecule has 3 rings (SSSR count). The van der Waals surface area contributed by atoms with Crippen LogP contribution in [0, 0.1) is 0 Å². The molecule has 1 N–H and O–H groups in total. The zero-order valence-corrected chi connectivity index (χ0v) is 17.0. The van der Waals surface area contributed by atoms with Gasteiger partial charge < -0.3 is 10.2 Å². The van der Waals surface area contributed by atoms with Crippen molar-refractivity contribution in [3.63, 3.8) is 0 Å². The van der Waals surface area contributed by atoms with E-state index < -0.39 is 6.17 Å². The lowest BCUT2D eigenvalue weighted by molar-refractivity contribution is 0.168. The van der Waals surface area contributed by atoms with Crippen LogP contribution in [0.2, 0.25) is 0 Å². The molecule has 0 aromatic carbocycles. The van der Waals surface area contributed by atoms with Crippen molar-refractivity contribution >= 4 is 17.8 Å². The lowest BCUT2D eigenvalue weighted by Crippen LogP contribution is -2.48. The second-order valence-electron chi connectivity index (χ2n) is 7.74. The quantitative estimate of drug-likeness (QED) is 0.574. The molecule has 0 spiro atoms. The van der Waals surface area contributed by atoms with Gasteiger partial charge in [0.05, 0.1) is 6.04 Å². The number of alkyl halides is 1. The zero-order chi connectivity index (χ0) is 18.5. The van der Waals surface area contributed by atoms with Crippen molar-refractivity contribution in [1.29, 1.82) is 0 Å². The van der Waals surface area contributed by atoms with E-state index in [2.05, 4.69) is 34.1 Å². The molecule has 146 valence electrons. The van der Waals surface area contributed by atoms with Gasteiger partial charge in [0, 0.05) is 32.1 Å². The van der Waals surface area contributed by atoms with Crippen LogP contribution in [0.25, 0.3) is 0 Å². The maximum Gasteiger partial charge on any atom is 0.134 e. The van der Waals surface area contributed by atoms with E-state index in [1.54, 1.807) is 11.9 Å². The summed E-state index contributed by atoms with van der Waals surface area (Å²) in [4.78, 5) is 7.33. The van der Waals surface area contributed by atoms with Crippen molar-refractivity contribution in [2.45, 2.75) is 70.1 Å². The van der Waals surface area contributed by atoms with E-state index >= 15 is 0 Å². The number of aliphatic imine (C=N–C) groups is 1. The number of rotatable bonds is 5. The van der Waals surface area contributed by atoms with Crippen LogP contribution in [0.3, 0.4) is 0 Å². The third-order valence-electron chi connectivity index (χ3n) is 5.86. The highest BCUT2D eigenvalue weighted by Gasteiger charge is 2.30. The molecule has 3 aliphatic rings. The summed E-state index contributed by atoms with van der Waals surface area (Å²) < 4.78 is 16.5. The van der Waals surface area contributed by atoms with Crippen molar-refractivity contribution < 1.29 is 4.39 Å². The fourth-order valence-corrected chi connectivity index (χ4v) is 4.82. The number of amidine groups is 1. The van der Waals surface area contributed by atoms with Gasteiger partial charge in [0.2, 0.25) is 0 Å². The topological polar surface area (TPSA) is 30.9 Å². The number of hydrogen-bond acceptors (Lipinski definition) is 4. The van der Waals surface area contributed by atoms with Crippen molar-refractivity contribution in [1.82, 2.24) is 14.5 Å². The third-order valence-corrected chi connectivity index (χ3v) is 6.70. The lowest BCUT2D eigenvalue weighted by Gasteiger charge is -2.34. The average molecular weight is 381 g/mol. The molecule has 2 atom stereocenters. The Labute approximate surface area is 162 Å². The monoisotopic (exact) mass is 380 g/mol. The molecule has 0 radical (unpaired) electrons. The van der Waals surface area contributed by atoms with Crippen LogP contribution in [0.4, 0.5) is 4.39 Å². The first kappa shape index (κ1) is 19.7. The Hall–Kier alpha value is -1.01. The summed E-state index contributed by atoms with van der Waals surface area (Å²) in [6, 6.07) is 0.429. The molecule has 1 aliphatic carbocycles. The summed E-state index contributed by atoms with van der Waals surface area (Å²) in [6.45, 7) is 8.71. The molecule has 1 saturated heterocycles. The van der Waals surface area contributed by atoms with Gasteiger partial charge in [-0.2, -0.15) is 0 Å². The molecule has 26 heavy (non-hydrogen) atoms. The predicted octanol–water partition coefficient (Wildman–Crippen LogP) is 4.12. The molecule has 6 heteroatoms. The van der Waals surface area contributed by atoms with Gasteiger partial charge in [-0.1, -0.05) is 43.0 Å². The van der Waals surface area contributed by atoms with E-state index in [-0.39, 0.29) is 6.04 Å². The van der Waals surface area contributed by atoms with Crippen LogP contribution >= 0.6 is 11.9 Å². The summed E-state index contributed by atoms with van der Waals surface area (Å²) >= 11 is 1.62. The average Bonchev–Trinajstić information content (AvgIpc) is 3.09. The Morgan fingerprint density at radius 1 is 1.31 bits per heavy atom. The highest BCUT2D eigenvalue weighted by atomic mass is 32.2. The molecule has 0 bridgehead atoms. The highest BCUT2D eigenvalue weighted by Crippen LogP contribution is 2.27. The second-order valence-corrected chi connectivity index (χ2v) is 8.62. The molecular formula is C20H33FN4S. The van der Waals surface area contributed by atoms with Gasteiger partial charge in [-0.15, -0.1) is 0 Å². The molecule has 0 aromatic rings. The minimum absolute atomic E-state index is 0.182. The molecular weight excluding hydrogens is 347 g/mol. The molecule has 4 nitrogen and oxygen atoms in total. The summed E-state index contributed by atoms with van der Waals surface area (Å²) in [6.07, 6.45) is 11.3. The van der Waals surface area contributed by atoms with E-state index in [0.717, 1.165) is 38.2 Å². The van der Waals surface area contributed by atoms with Gasteiger partial charge >= 0.3 is 0 Å². The van der Waals surface area contributed by atoms with Crippen LogP contribution in [-0.2, 0) is 0 Å². The Morgan fingerprint density at radius 2 is 2.08 bits per heavy atom. The molecule has 1 saturated carbocycles. The fraction of sp³-hybridized carbons (Fsp3) is 0.750. The van der Waals surface area contributed by atoms with Gasteiger partial charge in [0.1, 0.15) is 17.8 Å². The fourth-order valence-electron chi connectivity index (χ4n) is 4.24. The van der Waals surface area contributed by atoms with E-state index in [1.165, 1.54) is 31.3 Å². The number of nitrogens with one attached hydrogen (secondary N) is 1. The van der Waals surface area contributed by atoms with Crippen LogP contribution in [-0.4, -0.2) is 59.2 Å². The number of nitrogens with zero attached hydrogens (tertiary/aromatic N) is 3. The maximum atomic E-state index is 14.4. The van der Waals surface area contributed by atoms with Gasteiger partial charge in [0.25, 0.3) is 0 Å². The van der Waals surface area contributed by atoms with Crippen molar-refractivity contribution in [3.8, 4) is 0 Å². The molecule has 0 aromatic heterocycles. The molecule has 2 heterocycles. The number of hydrogen-bond donors (Lipinski definition) is 1. The lowest BCUT2D eigenvalue weighted by atomic mass is 10.1. The number of piperidine rings is 1. The molecule has 2 unspecified atom stereocenters. The first-order valence-electron chi connectivity index (χ1n) is 9.95. The Bertz CT molecular complexity index is 556. The predicted molar refractivity (Wildman–Crippen MR) is 110 cm³/mol. The number of halogens is 1. The molecule has 2 fully saturated rings. The smallest absolute Gasteiger partial charge is 0.134 e. The Kier molecular flexibility index (Phi) is 7.04. The largest absolute Gasteiger partial charge is 0.365 e. The van der Waals surface area contributed by atoms with Crippen LogP contribution < -0.4 is 5.32 Å². The maximum absolute atomic E-state index is 14.4.